The fourth-order valence-corrected chi connectivity index (χ4v) is 3.01. The highest BCUT2D eigenvalue weighted by Gasteiger charge is 2.35. The van der Waals surface area contributed by atoms with Crippen LogP contribution in [0.2, 0.25) is 0 Å². The molecule has 2 heteroatoms. The SMILES string of the molecule is CCOCCN1CCC[C@H](C(C)(C)C)[C@@H]1C. The van der Waals surface area contributed by atoms with E-state index in [0.29, 0.717) is 11.5 Å². The van der Waals surface area contributed by atoms with Crippen LogP contribution in [0.15, 0.2) is 0 Å². The van der Waals surface area contributed by atoms with Crippen molar-refractivity contribution in [1.82, 2.24) is 4.90 Å². The van der Waals surface area contributed by atoms with E-state index in [2.05, 4.69) is 39.5 Å². The van der Waals surface area contributed by atoms with E-state index in [1.807, 2.05) is 0 Å². The molecule has 1 aliphatic rings. The molecule has 0 unspecified atom stereocenters. The van der Waals surface area contributed by atoms with Crippen LogP contribution in [-0.2, 0) is 4.74 Å². The zero-order valence-electron chi connectivity index (χ0n) is 11.8. The summed E-state index contributed by atoms with van der Waals surface area (Å²) in [5, 5.41) is 0. The summed E-state index contributed by atoms with van der Waals surface area (Å²) in [7, 11) is 0. The molecule has 0 N–H and O–H groups in total. The van der Waals surface area contributed by atoms with Crippen LogP contribution in [0, 0.1) is 11.3 Å². The van der Waals surface area contributed by atoms with Crippen LogP contribution >= 0.6 is 0 Å². The second kappa shape index (κ2) is 6.02. The van der Waals surface area contributed by atoms with E-state index in [1.54, 1.807) is 0 Å². The lowest BCUT2D eigenvalue weighted by molar-refractivity contribution is 0.0200. The van der Waals surface area contributed by atoms with Crippen molar-refractivity contribution < 1.29 is 4.74 Å². The highest BCUT2D eigenvalue weighted by molar-refractivity contribution is 4.87. The maximum atomic E-state index is 5.46. The number of hydrogen-bond acceptors (Lipinski definition) is 2. The van der Waals surface area contributed by atoms with Crippen molar-refractivity contribution in [2.75, 3.05) is 26.3 Å². The van der Waals surface area contributed by atoms with Gasteiger partial charge in [-0.2, -0.15) is 0 Å². The molecule has 0 aliphatic carbocycles. The van der Waals surface area contributed by atoms with Crippen molar-refractivity contribution >= 4 is 0 Å². The second-order valence-electron chi connectivity index (χ2n) is 6.09. The Morgan fingerprint density at radius 2 is 2.00 bits per heavy atom. The minimum atomic E-state index is 0.434. The van der Waals surface area contributed by atoms with E-state index in [1.165, 1.54) is 19.4 Å². The van der Waals surface area contributed by atoms with Crippen LogP contribution in [0.1, 0.15) is 47.5 Å². The quantitative estimate of drug-likeness (QED) is 0.684. The Hall–Kier alpha value is -0.0800. The number of hydrogen-bond donors (Lipinski definition) is 0. The van der Waals surface area contributed by atoms with E-state index >= 15 is 0 Å². The molecule has 2 nitrogen and oxygen atoms in total. The molecule has 0 saturated carbocycles. The minimum Gasteiger partial charge on any atom is -0.380 e. The average molecular weight is 227 g/mol. The van der Waals surface area contributed by atoms with Crippen LogP contribution in [0.4, 0.5) is 0 Å². The maximum absolute atomic E-state index is 5.46. The molecular formula is C14H29NO. The first-order valence-electron chi connectivity index (χ1n) is 6.78. The van der Waals surface area contributed by atoms with E-state index < -0.39 is 0 Å². The van der Waals surface area contributed by atoms with Crippen LogP contribution in [0.3, 0.4) is 0 Å². The van der Waals surface area contributed by atoms with Gasteiger partial charge in [-0.15, -0.1) is 0 Å². The van der Waals surface area contributed by atoms with Crippen LogP contribution in [0.5, 0.6) is 0 Å². The van der Waals surface area contributed by atoms with Crippen LogP contribution < -0.4 is 0 Å². The van der Waals surface area contributed by atoms with Gasteiger partial charge in [0.05, 0.1) is 6.61 Å². The van der Waals surface area contributed by atoms with Crippen molar-refractivity contribution in [3.63, 3.8) is 0 Å². The summed E-state index contributed by atoms with van der Waals surface area (Å²) in [6, 6.07) is 0.703. The number of likely N-dealkylation sites (tertiary alicyclic amines) is 1. The monoisotopic (exact) mass is 227 g/mol. The Bertz CT molecular complexity index is 197. The molecule has 0 amide bonds. The number of rotatable bonds is 4. The van der Waals surface area contributed by atoms with Crippen molar-refractivity contribution in [2.45, 2.75) is 53.5 Å². The smallest absolute Gasteiger partial charge is 0.0593 e. The van der Waals surface area contributed by atoms with Gasteiger partial charge >= 0.3 is 0 Å². The molecule has 0 aromatic rings. The van der Waals surface area contributed by atoms with E-state index in [0.717, 1.165) is 25.7 Å². The Morgan fingerprint density at radius 3 is 2.56 bits per heavy atom. The summed E-state index contributed by atoms with van der Waals surface area (Å²) in [6.45, 7) is 15.7. The van der Waals surface area contributed by atoms with Crippen molar-refractivity contribution in [3.8, 4) is 0 Å². The Balaban J connectivity index is 2.47. The highest BCUT2D eigenvalue weighted by Crippen LogP contribution is 2.37. The molecule has 0 spiro atoms. The summed E-state index contributed by atoms with van der Waals surface area (Å²) in [5.74, 6) is 0.822. The second-order valence-corrected chi connectivity index (χ2v) is 6.09. The maximum Gasteiger partial charge on any atom is 0.0593 e. The van der Waals surface area contributed by atoms with E-state index in [-0.39, 0.29) is 0 Å². The van der Waals surface area contributed by atoms with Gasteiger partial charge in [-0.05, 0) is 44.6 Å². The number of nitrogens with zero attached hydrogens (tertiary/aromatic N) is 1. The average Bonchev–Trinajstić information content (AvgIpc) is 2.19. The molecule has 1 heterocycles. The molecule has 0 aromatic heterocycles. The van der Waals surface area contributed by atoms with Crippen molar-refractivity contribution in [3.05, 3.63) is 0 Å². The molecule has 1 rings (SSSR count). The van der Waals surface area contributed by atoms with Gasteiger partial charge in [0, 0.05) is 19.2 Å². The van der Waals surface area contributed by atoms with Gasteiger partial charge in [-0.3, -0.25) is 4.90 Å². The summed E-state index contributed by atoms with van der Waals surface area (Å²) < 4.78 is 5.46. The van der Waals surface area contributed by atoms with Gasteiger partial charge in [-0.1, -0.05) is 20.8 Å². The fraction of sp³-hybridized carbons (Fsp3) is 1.00. The van der Waals surface area contributed by atoms with Gasteiger partial charge in [0.15, 0.2) is 0 Å². The zero-order valence-corrected chi connectivity index (χ0v) is 11.8. The van der Waals surface area contributed by atoms with Crippen LogP contribution in [0.25, 0.3) is 0 Å². The highest BCUT2D eigenvalue weighted by atomic mass is 16.5. The molecule has 1 saturated heterocycles. The largest absolute Gasteiger partial charge is 0.380 e. The molecule has 0 radical (unpaired) electrons. The molecule has 2 atom stereocenters. The third-order valence-electron chi connectivity index (χ3n) is 3.96. The first-order valence-corrected chi connectivity index (χ1v) is 6.78. The van der Waals surface area contributed by atoms with Crippen molar-refractivity contribution in [2.24, 2.45) is 11.3 Å². The lowest BCUT2D eigenvalue weighted by Gasteiger charge is -2.45. The predicted octanol–water partition coefficient (Wildman–Crippen LogP) is 3.17. The van der Waals surface area contributed by atoms with Crippen molar-refractivity contribution in [1.29, 1.82) is 0 Å². The van der Waals surface area contributed by atoms with E-state index in [4.69, 9.17) is 4.74 Å². The molecule has 0 aromatic carbocycles. The Labute approximate surface area is 101 Å². The summed E-state index contributed by atoms with van der Waals surface area (Å²) >= 11 is 0. The third kappa shape index (κ3) is 3.74. The molecule has 1 fully saturated rings. The third-order valence-corrected chi connectivity index (χ3v) is 3.96. The predicted molar refractivity (Wildman–Crippen MR) is 69.7 cm³/mol. The van der Waals surface area contributed by atoms with Gasteiger partial charge in [0.2, 0.25) is 0 Å². The van der Waals surface area contributed by atoms with Gasteiger partial charge in [-0.25, -0.2) is 0 Å². The molecular weight excluding hydrogens is 198 g/mol. The fourth-order valence-electron chi connectivity index (χ4n) is 3.01. The minimum absolute atomic E-state index is 0.434. The standard InChI is InChI=1S/C14H29NO/c1-6-16-11-10-15-9-7-8-13(12(15)2)14(3,4)5/h12-13H,6-11H2,1-5H3/t12-,13-/m0/s1. The molecule has 16 heavy (non-hydrogen) atoms. The van der Waals surface area contributed by atoms with E-state index in [9.17, 15) is 0 Å². The van der Waals surface area contributed by atoms with Gasteiger partial charge < -0.3 is 4.74 Å². The summed E-state index contributed by atoms with van der Waals surface area (Å²) in [5.41, 5.74) is 0.434. The Morgan fingerprint density at radius 1 is 1.31 bits per heavy atom. The first-order chi connectivity index (χ1) is 7.46. The molecule has 96 valence electrons. The zero-order chi connectivity index (χ0) is 12.2. The van der Waals surface area contributed by atoms with Gasteiger partial charge in [0.25, 0.3) is 0 Å². The lowest BCUT2D eigenvalue weighted by Crippen LogP contribution is -2.48. The summed E-state index contributed by atoms with van der Waals surface area (Å²) in [4.78, 5) is 2.61. The molecule has 1 aliphatic heterocycles. The normalized spacial score (nSPS) is 28.3. The van der Waals surface area contributed by atoms with Gasteiger partial charge in [0.1, 0.15) is 0 Å². The molecule has 0 bridgehead atoms. The Kier molecular flexibility index (Phi) is 5.26. The first kappa shape index (κ1) is 14.0. The van der Waals surface area contributed by atoms with Crippen LogP contribution in [-0.4, -0.2) is 37.2 Å². The lowest BCUT2D eigenvalue weighted by atomic mass is 9.72. The number of ether oxygens (including phenoxy) is 1. The number of piperidine rings is 1. The topological polar surface area (TPSA) is 12.5 Å². The summed E-state index contributed by atoms with van der Waals surface area (Å²) in [6.07, 6.45) is 2.73.